The fraction of sp³-hybridized carbons (Fsp3) is 0.267. The highest BCUT2D eigenvalue weighted by atomic mass is 16.5. The van der Waals surface area contributed by atoms with Crippen LogP contribution in [0.3, 0.4) is 0 Å². The SMILES string of the molecule is CCOC(=O)n1cc2c(c1)Cc1ccccc1C2. The summed E-state index contributed by atoms with van der Waals surface area (Å²) in [7, 11) is 0. The molecule has 0 saturated heterocycles. The van der Waals surface area contributed by atoms with E-state index in [9.17, 15) is 4.79 Å². The fourth-order valence-corrected chi connectivity index (χ4v) is 2.47. The van der Waals surface area contributed by atoms with Crippen LogP contribution in [0.4, 0.5) is 4.79 Å². The second-order valence-corrected chi connectivity index (χ2v) is 4.54. The molecule has 3 rings (SSSR count). The lowest BCUT2D eigenvalue weighted by atomic mass is 9.89. The summed E-state index contributed by atoms with van der Waals surface area (Å²) in [6, 6.07) is 8.43. The summed E-state index contributed by atoms with van der Waals surface area (Å²) < 4.78 is 6.56. The van der Waals surface area contributed by atoms with Gasteiger partial charge < -0.3 is 4.74 Å². The zero-order valence-electron chi connectivity index (χ0n) is 10.3. The molecule has 0 amide bonds. The van der Waals surface area contributed by atoms with Crippen LogP contribution in [0.1, 0.15) is 29.2 Å². The normalized spacial score (nSPS) is 12.7. The van der Waals surface area contributed by atoms with Gasteiger partial charge in [0.05, 0.1) is 6.61 Å². The zero-order valence-corrected chi connectivity index (χ0v) is 10.3. The van der Waals surface area contributed by atoms with Crippen LogP contribution < -0.4 is 0 Å². The number of nitrogens with zero attached hydrogens (tertiary/aromatic N) is 1. The molecule has 1 aliphatic carbocycles. The predicted molar refractivity (Wildman–Crippen MR) is 68.9 cm³/mol. The molecule has 0 fully saturated rings. The van der Waals surface area contributed by atoms with Crippen molar-refractivity contribution < 1.29 is 9.53 Å². The Morgan fingerprint density at radius 1 is 1.11 bits per heavy atom. The van der Waals surface area contributed by atoms with Crippen LogP contribution in [0.25, 0.3) is 0 Å². The first-order valence-corrected chi connectivity index (χ1v) is 6.21. The first-order valence-electron chi connectivity index (χ1n) is 6.21. The van der Waals surface area contributed by atoms with E-state index in [1.165, 1.54) is 22.3 Å². The second kappa shape index (κ2) is 4.33. The van der Waals surface area contributed by atoms with Crippen molar-refractivity contribution in [2.75, 3.05) is 6.61 Å². The number of carbonyl (C=O) groups excluding carboxylic acids is 1. The molecule has 0 saturated carbocycles. The number of hydrogen-bond acceptors (Lipinski definition) is 2. The number of aromatic nitrogens is 1. The maximum Gasteiger partial charge on any atom is 0.417 e. The molecular weight excluding hydrogens is 226 g/mol. The Kier molecular flexibility index (Phi) is 2.67. The molecule has 3 heteroatoms. The van der Waals surface area contributed by atoms with E-state index in [1.807, 2.05) is 19.3 Å². The van der Waals surface area contributed by atoms with Gasteiger partial charge in [-0.1, -0.05) is 24.3 Å². The van der Waals surface area contributed by atoms with Gasteiger partial charge in [0.2, 0.25) is 0 Å². The van der Waals surface area contributed by atoms with Gasteiger partial charge in [-0.2, -0.15) is 0 Å². The van der Waals surface area contributed by atoms with Crippen LogP contribution in [0.5, 0.6) is 0 Å². The van der Waals surface area contributed by atoms with Crippen molar-refractivity contribution in [3.05, 3.63) is 58.9 Å². The van der Waals surface area contributed by atoms with E-state index in [0.717, 1.165) is 12.8 Å². The molecule has 0 radical (unpaired) electrons. The van der Waals surface area contributed by atoms with Gasteiger partial charge in [0.15, 0.2) is 0 Å². The third kappa shape index (κ3) is 1.82. The van der Waals surface area contributed by atoms with Crippen molar-refractivity contribution in [1.29, 1.82) is 0 Å². The molecule has 1 aromatic heterocycles. The Balaban J connectivity index is 1.92. The van der Waals surface area contributed by atoms with Gasteiger partial charge in [-0.25, -0.2) is 4.79 Å². The minimum Gasteiger partial charge on any atom is -0.449 e. The average molecular weight is 241 g/mol. The van der Waals surface area contributed by atoms with Crippen LogP contribution in [0.15, 0.2) is 36.7 Å². The van der Waals surface area contributed by atoms with E-state index in [2.05, 4.69) is 24.3 Å². The van der Waals surface area contributed by atoms with Crippen molar-refractivity contribution >= 4 is 6.09 Å². The molecule has 0 aliphatic heterocycles. The molecule has 1 aromatic carbocycles. The first-order chi connectivity index (χ1) is 8.78. The quantitative estimate of drug-likeness (QED) is 0.656. The lowest BCUT2D eigenvalue weighted by molar-refractivity contribution is 0.154. The number of rotatable bonds is 1. The molecule has 0 atom stereocenters. The smallest absolute Gasteiger partial charge is 0.417 e. The maximum absolute atomic E-state index is 11.7. The van der Waals surface area contributed by atoms with Crippen LogP contribution in [-0.2, 0) is 17.6 Å². The predicted octanol–water partition coefficient (Wildman–Crippen LogP) is 2.99. The largest absolute Gasteiger partial charge is 0.449 e. The Morgan fingerprint density at radius 3 is 2.17 bits per heavy atom. The number of benzene rings is 1. The van der Waals surface area contributed by atoms with Crippen molar-refractivity contribution in [2.24, 2.45) is 0 Å². The van der Waals surface area contributed by atoms with E-state index in [0.29, 0.717) is 6.61 Å². The fourth-order valence-electron chi connectivity index (χ4n) is 2.47. The highest BCUT2D eigenvalue weighted by molar-refractivity contribution is 5.71. The monoisotopic (exact) mass is 241 g/mol. The summed E-state index contributed by atoms with van der Waals surface area (Å²) in [5.41, 5.74) is 5.15. The molecule has 3 nitrogen and oxygen atoms in total. The summed E-state index contributed by atoms with van der Waals surface area (Å²) >= 11 is 0. The van der Waals surface area contributed by atoms with Gasteiger partial charge in [-0.05, 0) is 42.0 Å². The third-order valence-electron chi connectivity index (χ3n) is 3.36. The number of carbonyl (C=O) groups is 1. The van der Waals surface area contributed by atoms with Crippen molar-refractivity contribution in [1.82, 2.24) is 4.57 Å². The highest BCUT2D eigenvalue weighted by Crippen LogP contribution is 2.27. The third-order valence-corrected chi connectivity index (χ3v) is 3.36. The van der Waals surface area contributed by atoms with Gasteiger partial charge in [-0.15, -0.1) is 0 Å². The van der Waals surface area contributed by atoms with Gasteiger partial charge in [0.25, 0.3) is 0 Å². The molecular formula is C15H15NO2. The average Bonchev–Trinajstić information content (AvgIpc) is 2.79. The Hall–Kier alpha value is -2.03. The van der Waals surface area contributed by atoms with Crippen LogP contribution in [0, 0.1) is 0 Å². The molecule has 2 aromatic rings. The van der Waals surface area contributed by atoms with Crippen molar-refractivity contribution in [3.63, 3.8) is 0 Å². The Bertz CT molecular complexity index is 556. The minimum atomic E-state index is -0.295. The summed E-state index contributed by atoms with van der Waals surface area (Å²) in [6.07, 6.45) is 5.29. The molecule has 1 heterocycles. The standard InChI is InChI=1S/C15H15NO2/c1-2-18-15(17)16-9-13-7-11-5-3-4-6-12(11)8-14(13)10-16/h3-6,9-10H,2,7-8H2,1H3. The summed E-state index contributed by atoms with van der Waals surface area (Å²) in [6.45, 7) is 2.22. The maximum atomic E-state index is 11.7. The summed E-state index contributed by atoms with van der Waals surface area (Å²) in [5, 5.41) is 0. The van der Waals surface area contributed by atoms with E-state index in [4.69, 9.17) is 4.74 Å². The topological polar surface area (TPSA) is 31.2 Å². The Labute approximate surface area is 106 Å². The van der Waals surface area contributed by atoms with E-state index in [-0.39, 0.29) is 6.09 Å². The first kappa shape index (κ1) is 11.1. The molecule has 0 N–H and O–H groups in total. The number of ether oxygens (including phenoxy) is 1. The van der Waals surface area contributed by atoms with Crippen molar-refractivity contribution in [2.45, 2.75) is 19.8 Å². The lowest BCUT2D eigenvalue weighted by Gasteiger charge is -2.15. The van der Waals surface area contributed by atoms with Crippen LogP contribution >= 0.6 is 0 Å². The van der Waals surface area contributed by atoms with E-state index in [1.54, 1.807) is 4.57 Å². The van der Waals surface area contributed by atoms with Crippen LogP contribution in [0.2, 0.25) is 0 Å². The molecule has 0 unspecified atom stereocenters. The van der Waals surface area contributed by atoms with Gasteiger partial charge >= 0.3 is 6.09 Å². The lowest BCUT2D eigenvalue weighted by Crippen LogP contribution is -2.11. The molecule has 1 aliphatic rings. The number of fused-ring (bicyclic) bond motifs is 2. The molecule has 18 heavy (non-hydrogen) atoms. The summed E-state index contributed by atoms with van der Waals surface area (Å²) in [5.74, 6) is 0. The number of hydrogen-bond donors (Lipinski definition) is 0. The highest BCUT2D eigenvalue weighted by Gasteiger charge is 2.18. The summed E-state index contributed by atoms with van der Waals surface area (Å²) in [4.78, 5) is 11.7. The second-order valence-electron chi connectivity index (χ2n) is 4.54. The molecule has 0 spiro atoms. The van der Waals surface area contributed by atoms with Gasteiger partial charge in [0, 0.05) is 12.4 Å². The van der Waals surface area contributed by atoms with Crippen molar-refractivity contribution in [3.8, 4) is 0 Å². The van der Waals surface area contributed by atoms with E-state index < -0.39 is 0 Å². The van der Waals surface area contributed by atoms with Gasteiger partial charge in [0.1, 0.15) is 0 Å². The van der Waals surface area contributed by atoms with Crippen LogP contribution in [-0.4, -0.2) is 17.3 Å². The molecule has 0 bridgehead atoms. The molecule has 92 valence electrons. The van der Waals surface area contributed by atoms with Gasteiger partial charge in [-0.3, -0.25) is 4.57 Å². The zero-order chi connectivity index (χ0) is 12.5. The van der Waals surface area contributed by atoms with E-state index >= 15 is 0 Å². The Morgan fingerprint density at radius 2 is 1.67 bits per heavy atom. The minimum absolute atomic E-state index is 0.295.